The molecule has 2 aromatic heterocycles. The SMILES string of the molecule is CC1(c2nc3ncccc3[nH]2)C=CC=CC1N. The van der Waals surface area contributed by atoms with E-state index in [9.17, 15) is 0 Å². The van der Waals surface area contributed by atoms with E-state index in [-0.39, 0.29) is 11.5 Å². The molecule has 0 aliphatic heterocycles. The second-order valence-corrected chi connectivity index (χ2v) is 4.51. The van der Waals surface area contributed by atoms with Crippen LogP contribution in [0.2, 0.25) is 0 Å². The Morgan fingerprint density at radius 1 is 1.41 bits per heavy atom. The number of hydrogen-bond acceptors (Lipinski definition) is 3. The highest BCUT2D eigenvalue weighted by Crippen LogP contribution is 2.30. The van der Waals surface area contributed by atoms with Crippen molar-refractivity contribution in [3.63, 3.8) is 0 Å². The van der Waals surface area contributed by atoms with E-state index in [1.165, 1.54) is 0 Å². The molecule has 0 saturated carbocycles. The Kier molecular flexibility index (Phi) is 2.12. The number of fused-ring (bicyclic) bond motifs is 1. The van der Waals surface area contributed by atoms with Crippen molar-refractivity contribution in [3.8, 4) is 0 Å². The molecule has 2 atom stereocenters. The topological polar surface area (TPSA) is 67.6 Å². The van der Waals surface area contributed by atoms with Gasteiger partial charge in [-0.25, -0.2) is 9.97 Å². The van der Waals surface area contributed by atoms with Crippen molar-refractivity contribution < 1.29 is 0 Å². The Balaban J connectivity index is 2.14. The number of pyridine rings is 1. The van der Waals surface area contributed by atoms with Gasteiger partial charge in [0.2, 0.25) is 0 Å². The molecule has 86 valence electrons. The standard InChI is InChI=1S/C13H14N4/c1-13(7-3-2-6-10(13)14)12-16-9-5-4-8-15-11(9)17-12/h2-8,10H,14H2,1H3,(H,15,16,17). The molecule has 17 heavy (non-hydrogen) atoms. The first kappa shape index (κ1) is 10.2. The van der Waals surface area contributed by atoms with Gasteiger partial charge in [0.15, 0.2) is 5.65 Å². The number of aromatic amines is 1. The second kappa shape index (κ2) is 3.53. The van der Waals surface area contributed by atoms with Crippen LogP contribution in [-0.4, -0.2) is 21.0 Å². The van der Waals surface area contributed by atoms with Gasteiger partial charge in [-0.2, -0.15) is 0 Å². The molecule has 3 rings (SSSR count). The van der Waals surface area contributed by atoms with Crippen molar-refractivity contribution in [2.75, 3.05) is 0 Å². The van der Waals surface area contributed by atoms with Crippen molar-refractivity contribution >= 4 is 11.2 Å². The van der Waals surface area contributed by atoms with E-state index < -0.39 is 0 Å². The lowest BCUT2D eigenvalue weighted by Gasteiger charge is -2.30. The molecular weight excluding hydrogens is 212 g/mol. The molecule has 2 aromatic rings. The summed E-state index contributed by atoms with van der Waals surface area (Å²) < 4.78 is 0. The van der Waals surface area contributed by atoms with E-state index in [4.69, 9.17) is 5.73 Å². The fourth-order valence-electron chi connectivity index (χ4n) is 2.09. The van der Waals surface area contributed by atoms with Gasteiger partial charge in [-0.1, -0.05) is 24.3 Å². The van der Waals surface area contributed by atoms with Gasteiger partial charge in [0.05, 0.1) is 10.9 Å². The number of hydrogen-bond donors (Lipinski definition) is 2. The van der Waals surface area contributed by atoms with Crippen LogP contribution >= 0.6 is 0 Å². The van der Waals surface area contributed by atoms with Crippen molar-refractivity contribution in [2.45, 2.75) is 18.4 Å². The highest BCUT2D eigenvalue weighted by Gasteiger charge is 2.34. The molecule has 0 saturated heterocycles. The third kappa shape index (κ3) is 1.49. The van der Waals surface area contributed by atoms with Crippen LogP contribution in [0.5, 0.6) is 0 Å². The molecule has 1 aliphatic carbocycles. The van der Waals surface area contributed by atoms with E-state index in [0.717, 1.165) is 17.0 Å². The molecule has 0 spiro atoms. The van der Waals surface area contributed by atoms with E-state index in [1.807, 2.05) is 30.4 Å². The molecular formula is C13H14N4. The maximum atomic E-state index is 6.15. The van der Waals surface area contributed by atoms with Gasteiger partial charge in [0.25, 0.3) is 0 Å². The average Bonchev–Trinajstić information content (AvgIpc) is 2.77. The molecule has 4 nitrogen and oxygen atoms in total. The van der Waals surface area contributed by atoms with Crippen LogP contribution in [0, 0.1) is 0 Å². The molecule has 0 amide bonds. The Morgan fingerprint density at radius 3 is 3.06 bits per heavy atom. The molecule has 1 aliphatic rings. The van der Waals surface area contributed by atoms with Crippen LogP contribution in [0.3, 0.4) is 0 Å². The Hall–Kier alpha value is -1.94. The molecule has 3 N–H and O–H groups in total. The van der Waals surface area contributed by atoms with Crippen LogP contribution in [0.15, 0.2) is 42.6 Å². The van der Waals surface area contributed by atoms with Crippen LogP contribution in [0.25, 0.3) is 11.2 Å². The summed E-state index contributed by atoms with van der Waals surface area (Å²) in [6.45, 7) is 2.08. The lowest BCUT2D eigenvalue weighted by Crippen LogP contribution is -2.42. The number of aromatic nitrogens is 3. The minimum absolute atomic E-state index is 0.0759. The van der Waals surface area contributed by atoms with E-state index in [0.29, 0.717) is 0 Å². The minimum Gasteiger partial charge on any atom is -0.340 e. The Morgan fingerprint density at radius 2 is 2.29 bits per heavy atom. The first-order valence-corrected chi connectivity index (χ1v) is 5.63. The summed E-state index contributed by atoms with van der Waals surface area (Å²) in [7, 11) is 0. The number of imidazole rings is 1. The van der Waals surface area contributed by atoms with Gasteiger partial charge in [-0.05, 0) is 19.1 Å². The summed E-state index contributed by atoms with van der Waals surface area (Å²) in [6.07, 6.45) is 9.78. The predicted octanol–water partition coefficient (Wildman–Crippen LogP) is 1.67. The number of rotatable bonds is 1. The summed E-state index contributed by atoms with van der Waals surface area (Å²) in [5.41, 5.74) is 7.53. The molecule has 2 heterocycles. The van der Waals surface area contributed by atoms with Gasteiger partial charge in [0, 0.05) is 12.2 Å². The number of allylic oxidation sites excluding steroid dienone is 2. The molecule has 4 heteroatoms. The number of H-pyrrole nitrogens is 1. The fourth-order valence-corrected chi connectivity index (χ4v) is 2.09. The summed E-state index contributed by atoms with van der Waals surface area (Å²) in [5, 5.41) is 0. The molecule has 0 radical (unpaired) electrons. The molecule has 2 unspecified atom stereocenters. The van der Waals surface area contributed by atoms with Crippen molar-refractivity contribution in [3.05, 3.63) is 48.5 Å². The Labute approximate surface area is 99.3 Å². The number of nitrogens with zero attached hydrogens (tertiary/aromatic N) is 2. The van der Waals surface area contributed by atoms with E-state index >= 15 is 0 Å². The highest BCUT2D eigenvalue weighted by molar-refractivity contribution is 5.70. The fraction of sp³-hybridized carbons (Fsp3) is 0.231. The third-order valence-electron chi connectivity index (χ3n) is 3.33. The lowest BCUT2D eigenvalue weighted by atomic mass is 9.79. The summed E-state index contributed by atoms with van der Waals surface area (Å²) in [5.74, 6) is 0.860. The first-order chi connectivity index (χ1) is 8.20. The minimum atomic E-state index is -0.296. The van der Waals surface area contributed by atoms with Crippen LogP contribution in [0.4, 0.5) is 0 Å². The van der Waals surface area contributed by atoms with Crippen molar-refractivity contribution in [2.24, 2.45) is 5.73 Å². The van der Waals surface area contributed by atoms with Crippen molar-refractivity contribution in [1.82, 2.24) is 15.0 Å². The van der Waals surface area contributed by atoms with Gasteiger partial charge in [0.1, 0.15) is 5.82 Å². The molecule has 0 bridgehead atoms. The smallest absolute Gasteiger partial charge is 0.177 e. The quantitative estimate of drug-likeness (QED) is 0.777. The van der Waals surface area contributed by atoms with Gasteiger partial charge >= 0.3 is 0 Å². The van der Waals surface area contributed by atoms with Crippen LogP contribution < -0.4 is 5.73 Å². The van der Waals surface area contributed by atoms with Gasteiger partial charge < -0.3 is 10.7 Å². The summed E-state index contributed by atoms with van der Waals surface area (Å²) in [4.78, 5) is 12.1. The maximum Gasteiger partial charge on any atom is 0.177 e. The number of nitrogens with one attached hydrogen (secondary N) is 1. The number of nitrogens with two attached hydrogens (primary N) is 1. The Bertz CT molecular complexity index is 578. The highest BCUT2D eigenvalue weighted by atomic mass is 15.0. The first-order valence-electron chi connectivity index (χ1n) is 5.63. The lowest BCUT2D eigenvalue weighted by molar-refractivity contribution is 0.494. The van der Waals surface area contributed by atoms with E-state index in [1.54, 1.807) is 6.20 Å². The molecule has 0 fully saturated rings. The summed E-state index contributed by atoms with van der Waals surface area (Å²) >= 11 is 0. The normalized spacial score (nSPS) is 27.8. The third-order valence-corrected chi connectivity index (χ3v) is 3.33. The zero-order chi connectivity index (χ0) is 11.9. The predicted molar refractivity (Wildman–Crippen MR) is 67.5 cm³/mol. The monoisotopic (exact) mass is 226 g/mol. The molecule has 0 aromatic carbocycles. The van der Waals surface area contributed by atoms with Crippen LogP contribution in [-0.2, 0) is 5.41 Å². The summed E-state index contributed by atoms with van der Waals surface area (Å²) in [6, 6.07) is 3.78. The van der Waals surface area contributed by atoms with Crippen LogP contribution in [0.1, 0.15) is 12.7 Å². The van der Waals surface area contributed by atoms with Gasteiger partial charge in [-0.3, -0.25) is 0 Å². The van der Waals surface area contributed by atoms with Gasteiger partial charge in [-0.15, -0.1) is 0 Å². The largest absolute Gasteiger partial charge is 0.340 e. The average molecular weight is 226 g/mol. The zero-order valence-electron chi connectivity index (χ0n) is 9.59. The second-order valence-electron chi connectivity index (χ2n) is 4.51. The zero-order valence-corrected chi connectivity index (χ0v) is 9.59. The van der Waals surface area contributed by atoms with E-state index in [2.05, 4.69) is 28.0 Å². The van der Waals surface area contributed by atoms with Crippen molar-refractivity contribution in [1.29, 1.82) is 0 Å². The maximum absolute atomic E-state index is 6.15.